The van der Waals surface area contributed by atoms with Gasteiger partial charge in [0.15, 0.2) is 0 Å². The quantitative estimate of drug-likeness (QED) is 0.654. The molecule has 1 saturated heterocycles. The summed E-state index contributed by atoms with van der Waals surface area (Å²) in [4.78, 5) is 11.6. The minimum absolute atomic E-state index is 0.327. The third-order valence-electron chi connectivity index (χ3n) is 3.43. The van der Waals surface area contributed by atoms with Gasteiger partial charge in [-0.25, -0.2) is 4.79 Å². The average molecular weight is 276 g/mol. The van der Waals surface area contributed by atoms with Crippen LogP contribution in [0.4, 0.5) is 0 Å². The third-order valence-corrected chi connectivity index (χ3v) is 3.43. The third kappa shape index (κ3) is 2.69. The lowest BCUT2D eigenvalue weighted by Gasteiger charge is -2.27. The van der Waals surface area contributed by atoms with Gasteiger partial charge in [-0.05, 0) is 26.3 Å². The number of nitrogens with one attached hydrogen (secondary N) is 1. The van der Waals surface area contributed by atoms with Crippen LogP contribution in [-0.4, -0.2) is 28.4 Å². The predicted octanol–water partition coefficient (Wildman–Crippen LogP) is 2.21. The molecule has 2 N–H and O–H groups in total. The van der Waals surface area contributed by atoms with Gasteiger partial charge in [0.05, 0.1) is 12.1 Å². The Bertz CT molecular complexity index is 511. The van der Waals surface area contributed by atoms with E-state index in [2.05, 4.69) is 5.32 Å². The zero-order valence-electron chi connectivity index (χ0n) is 12.0. The molecule has 0 amide bonds. The second-order valence-electron chi connectivity index (χ2n) is 5.17. The molecule has 0 radical (unpaired) electrons. The standard InChI is InChI=1S/C15H20N2O3/c1-4-20-13(18)10-12-15(2,3)17(19)14(16-12)11-8-6-5-7-9-11/h5-10,14,16,19H,4H2,1-3H3/b12-10+. The fourth-order valence-electron chi connectivity index (χ4n) is 2.21. The van der Waals surface area contributed by atoms with Crippen molar-refractivity contribution in [2.45, 2.75) is 32.5 Å². The summed E-state index contributed by atoms with van der Waals surface area (Å²) in [6, 6.07) is 9.57. The van der Waals surface area contributed by atoms with Crippen molar-refractivity contribution in [1.29, 1.82) is 0 Å². The van der Waals surface area contributed by atoms with Crippen molar-refractivity contribution in [1.82, 2.24) is 10.4 Å². The Morgan fingerprint density at radius 1 is 1.45 bits per heavy atom. The molecule has 1 fully saturated rings. The van der Waals surface area contributed by atoms with Crippen molar-refractivity contribution in [3.8, 4) is 0 Å². The van der Waals surface area contributed by atoms with Gasteiger partial charge < -0.3 is 15.3 Å². The van der Waals surface area contributed by atoms with E-state index in [-0.39, 0.29) is 6.17 Å². The smallest absolute Gasteiger partial charge is 0.332 e. The first-order valence-electron chi connectivity index (χ1n) is 6.65. The molecular formula is C15H20N2O3. The molecule has 1 unspecified atom stereocenters. The number of hydrogen-bond donors (Lipinski definition) is 2. The molecule has 1 aromatic carbocycles. The lowest BCUT2D eigenvalue weighted by molar-refractivity contribution is -0.162. The van der Waals surface area contributed by atoms with E-state index in [4.69, 9.17) is 4.74 Å². The van der Waals surface area contributed by atoms with Crippen LogP contribution in [0.5, 0.6) is 0 Å². The van der Waals surface area contributed by atoms with Crippen LogP contribution in [0, 0.1) is 0 Å². The minimum Gasteiger partial charge on any atom is -0.463 e. The number of hydroxylamine groups is 2. The molecule has 0 aromatic heterocycles. The van der Waals surface area contributed by atoms with E-state index in [0.29, 0.717) is 12.3 Å². The monoisotopic (exact) mass is 276 g/mol. The van der Waals surface area contributed by atoms with E-state index in [0.717, 1.165) is 5.56 Å². The Morgan fingerprint density at radius 2 is 2.10 bits per heavy atom. The molecule has 0 bridgehead atoms. The highest BCUT2D eigenvalue weighted by Crippen LogP contribution is 2.36. The van der Waals surface area contributed by atoms with Crippen LogP contribution in [-0.2, 0) is 9.53 Å². The normalized spacial score (nSPS) is 23.6. The van der Waals surface area contributed by atoms with Gasteiger partial charge in [-0.2, -0.15) is 5.06 Å². The van der Waals surface area contributed by atoms with Gasteiger partial charge in [-0.15, -0.1) is 0 Å². The number of benzene rings is 1. The topological polar surface area (TPSA) is 61.8 Å². The highest BCUT2D eigenvalue weighted by Gasteiger charge is 2.43. The summed E-state index contributed by atoms with van der Waals surface area (Å²) in [5, 5.41) is 14.7. The molecule has 1 heterocycles. The van der Waals surface area contributed by atoms with Crippen molar-refractivity contribution in [2.75, 3.05) is 6.61 Å². The van der Waals surface area contributed by atoms with Crippen molar-refractivity contribution in [3.05, 3.63) is 47.7 Å². The largest absolute Gasteiger partial charge is 0.463 e. The average Bonchev–Trinajstić information content (AvgIpc) is 2.64. The van der Waals surface area contributed by atoms with Crippen LogP contribution >= 0.6 is 0 Å². The lowest BCUT2D eigenvalue weighted by Crippen LogP contribution is -2.38. The summed E-state index contributed by atoms with van der Waals surface area (Å²) in [5.41, 5.74) is 0.871. The highest BCUT2D eigenvalue weighted by atomic mass is 16.5. The van der Waals surface area contributed by atoms with Crippen LogP contribution in [0.1, 0.15) is 32.5 Å². The van der Waals surface area contributed by atoms with Crippen LogP contribution in [0.15, 0.2) is 42.1 Å². The molecule has 20 heavy (non-hydrogen) atoms. The molecule has 0 saturated carbocycles. The Labute approximate surface area is 118 Å². The summed E-state index contributed by atoms with van der Waals surface area (Å²) in [7, 11) is 0. The van der Waals surface area contributed by atoms with Crippen LogP contribution in [0.25, 0.3) is 0 Å². The number of esters is 1. The fraction of sp³-hybridized carbons (Fsp3) is 0.400. The predicted molar refractivity (Wildman–Crippen MR) is 74.7 cm³/mol. The van der Waals surface area contributed by atoms with E-state index >= 15 is 0 Å². The highest BCUT2D eigenvalue weighted by molar-refractivity contribution is 5.83. The molecule has 1 aliphatic heterocycles. The molecule has 5 nitrogen and oxygen atoms in total. The second kappa shape index (κ2) is 5.64. The molecule has 1 aliphatic rings. The minimum atomic E-state index is -0.687. The first-order valence-corrected chi connectivity index (χ1v) is 6.65. The van der Waals surface area contributed by atoms with Gasteiger partial charge in [0, 0.05) is 11.8 Å². The summed E-state index contributed by atoms with van der Waals surface area (Å²) in [6.07, 6.45) is 1.02. The Balaban J connectivity index is 2.27. The van der Waals surface area contributed by atoms with E-state index in [9.17, 15) is 10.0 Å². The van der Waals surface area contributed by atoms with E-state index in [1.807, 2.05) is 44.2 Å². The Hall–Kier alpha value is -1.85. The van der Waals surface area contributed by atoms with Gasteiger partial charge in [0.1, 0.15) is 6.17 Å². The van der Waals surface area contributed by atoms with Gasteiger partial charge in [-0.3, -0.25) is 0 Å². The molecule has 1 aromatic rings. The number of carbonyl (C=O) groups excluding carboxylic acids is 1. The van der Waals surface area contributed by atoms with Crippen LogP contribution in [0.2, 0.25) is 0 Å². The molecule has 5 heteroatoms. The van der Waals surface area contributed by atoms with Gasteiger partial charge in [0.25, 0.3) is 0 Å². The molecule has 0 spiro atoms. The first-order chi connectivity index (χ1) is 9.46. The van der Waals surface area contributed by atoms with Gasteiger partial charge >= 0.3 is 5.97 Å². The zero-order valence-corrected chi connectivity index (χ0v) is 12.0. The van der Waals surface area contributed by atoms with Crippen molar-refractivity contribution < 1.29 is 14.7 Å². The first kappa shape index (κ1) is 14.6. The maximum absolute atomic E-state index is 11.6. The Morgan fingerprint density at radius 3 is 2.70 bits per heavy atom. The maximum atomic E-state index is 11.6. The summed E-state index contributed by atoms with van der Waals surface area (Å²) < 4.78 is 4.92. The van der Waals surface area contributed by atoms with E-state index in [1.165, 1.54) is 11.1 Å². The summed E-state index contributed by atoms with van der Waals surface area (Å²) >= 11 is 0. The molecular weight excluding hydrogens is 256 g/mol. The molecule has 1 atom stereocenters. The van der Waals surface area contributed by atoms with E-state index in [1.54, 1.807) is 6.92 Å². The van der Waals surface area contributed by atoms with Crippen molar-refractivity contribution >= 4 is 5.97 Å². The maximum Gasteiger partial charge on any atom is 0.332 e. The number of rotatable bonds is 3. The Kier molecular flexibility index (Phi) is 4.11. The fourth-order valence-corrected chi connectivity index (χ4v) is 2.21. The van der Waals surface area contributed by atoms with Gasteiger partial charge in [-0.1, -0.05) is 30.3 Å². The van der Waals surface area contributed by atoms with Crippen molar-refractivity contribution in [2.24, 2.45) is 0 Å². The molecule has 108 valence electrons. The summed E-state index contributed by atoms with van der Waals surface area (Å²) in [6.45, 7) is 5.77. The summed E-state index contributed by atoms with van der Waals surface area (Å²) in [5.74, 6) is -0.412. The van der Waals surface area contributed by atoms with E-state index < -0.39 is 11.5 Å². The van der Waals surface area contributed by atoms with Crippen LogP contribution < -0.4 is 5.32 Å². The SMILES string of the molecule is CCOC(=O)/C=C1/NC(c2ccccc2)N(O)C1(C)C. The number of hydrogen-bond acceptors (Lipinski definition) is 5. The lowest BCUT2D eigenvalue weighted by atomic mass is 10.0. The molecule has 0 aliphatic carbocycles. The second-order valence-corrected chi connectivity index (χ2v) is 5.17. The number of nitrogens with zero attached hydrogens (tertiary/aromatic N) is 1. The zero-order chi connectivity index (χ0) is 14.8. The van der Waals surface area contributed by atoms with Gasteiger partial charge in [0.2, 0.25) is 0 Å². The molecule has 2 rings (SSSR count). The van der Waals surface area contributed by atoms with Crippen LogP contribution in [0.3, 0.4) is 0 Å². The number of carbonyl (C=O) groups is 1. The number of ether oxygens (including phenoxy) is 1. The van der Waals surface area contributed by atoms with Crippen molar-refractivity contribution in [3.63, 3.8) is 0 Å².